The number of benzene rings is 1. The minimum absolute atomic E-state index is 0.781. The summed E-state index contributed by atoms with van der Waals surface area (Å²) >= 11 is 5.85. The van der Waals surface area contributed by atoms with Crippen LogP contribution in [0.2, 0.25) is 5.02 Å². The second-order valence-corrected chi connectivity index (χ2v) is 3.23. The minimum atomic E-state index is 0.781. The lowest BCUT2D eigenvalue weighted by Crippen LogP contribution is -1.80. The molecule has 0 N–H and O–H groups in total. The summed E-state index contributed by atoms with van der Waals surface area (Å²) in [6.45, 7) is 7.85. The van der Waals surface area contributed by atoms with Gasteiger partial charge in [-0.05, 0) is 37.1 Å². The summed E-state index contributed by atoms with van der Waals surface area (Å²) in [4.78, 5) is 0. The molecule has 0 bridgehead atoms. The molecule has 0 aliphatic carbocycles. The number of aryl methyl sites for hydroxylation is 1. The molecule has 58 valence electrons. The van der Waals surface area contributed by atoms with E-state index in [-0.39, 0.29) is 0 Å². The van der Waals surface area contributed by atoms with E-state index in [9.17, 15) is 0 Å². The fraction of sp³-hybridized carbons (Fsp3) is 0.200. The van der Waals surface area contributed by atoms with Crippen molar-refractivity contribution in [3.63, 3.8) is 0 Å². The Morgan fingerprint density at radius 1 is 1.36 bits per heavy atom. The van der Waals surface area contributed by atoms with Gasteiger partial charge in [-0.25, -0.2) is 0 Å². The molecule has 0 radical (unpaired) electrons. The maximum atomic E-state index is 5.85. The smallest absolute Gasteiger partial charge is 0.0414 e. The molecule has 0 aliphatic heterocycles. The molecule has 0 nitrogen and oxygen atoms in total. The van der Waals surface area contributed by atoms with Gasteiger partial charge in [0.2, 0.25) is 0 Å². The van der Waals surface area contributed by atoms with Crippen LogP contribution in [0.5, 0.6) is 0 Å². The van der Waals surface area contributed by atoms with Crippen LogP contribution in [0.1, 0.15) is 18.1 Å². The van der Waals surface area contributed by atoms with Crippen LogP contribution >= 0.6 is 11.6 Å². The predicted molar refractivity (Wildman–Crippen MR) is 50.9 cm³/mol. The molecule has 0 heterocycles. The maximum absolute atomic E-state index is 5.85. The van der Waals surface area contributed by atoms with Crippen molar-refractivity contribution in [3.05, 3.63) is 40.9 Å². The minimum Gasteiger partial charge on any atom is -0.0955 e. The highest BCUT2D eigenvalue weighted by Gasteiger charge is 1.95. The number of hydrogen-bond acceptors (Lipinski definition) is 0. The topological polar surface area (TPSA) is 0 Å². The highest BCUT2D eigenvalue weighted by atomic mass is 35.5. The van der Waals surface area contributed by atoms with Crippen molar-refractivity contribution in [1.29, 1.82) is 0 Å². The van der Waals surface area contributed by atoms with Gasteiger partial charge >= 0.3 is 0 Å². The van der Waals surface area contributed by atoms with E-state index in [0.29, 0.717) is 0 Å². The molecule has 1 aromatic rings. The van der Waals surface area contributed by atoms with Crippen molar-refractivity contribution in [2.75, 3.05) is 0 Å². The first kappa shape index (κ1) is 8.35. The van der Waals surface area contributed by atoms with E-state index in [1.54, 1.807) is 0 Å². The average Bonchev–Trinajstić information content (AvgIpc) is 1.85. The van der Waals surface area contributed by atoms with Gasteiger partial charge in [-0.2, -0.15) is 0 Å². The van der Waals surface area contributed by atoms with E-state index in [4.69, 9.17) is 11.6 Å². The lowest BCUT2D eigenvalue weighted by atomic mass is 10.1. The van der Waals surface area contributed by atoms with E-state index in [0.717, 1.165) is 16.2 Å². The molecule has 1 aromatic carbocycles. The zero-order chi connectivity index (χ0) is 8.43. The van der Waals surface area contributed by atoms with Crippen molar-refractivity contribution in [1.82, 2.24) is 0 Å². The van der Waals surface area contributed by atoms with Gasteiger partial charge in [0, 0.05) is 5.02 Å². The molecule has 0 aromatic heterocycles. The lowest BCUT2D eigenvalue weighted by Gasteiger charge is -2.01. The molecule has 1 rings (SSSR count). The van der Waals surface area contributed by atoms with Gasteiger partial charge in [-0.1, -0.05) is 29.8 Å². The Morgan fingerprint density at radius 2 is 2.00 bits per heavy atom. The van der Waals surface area contributed by atoms with Crippen LogP contribution in [-0.2, 0) is 0 Å². The van der Waals surface area contributed by atoms with E-state index in [1.165, 1.54) is 5.56 Å². The highest BCUT2D eigenvalue weighted by Crippen LogP contribution is 2.19. The molecule has 0 unspecified atom stereocenters. The van der Waals surface area contributed by atoms with Crippen molar-refractivity contribution in [2.24, 2.45) is 0 Å². The van der Waals surface area contributed by atoms with Gasteiger partial charge in [0.15, 0.2) is 0 Å². The van der Waals surface area contributed by atoms with E-state index >= 15 is 0 Å². The third-order valence-corrected chi connectivity index (χ3v) is 1.75. The third kappa shape index (κ3) is 2.09. The van der Waals surface area contributed by atoms with Crippen LogP contribution in [0.15, 0.2) is 24.8 Å². The first-order valence-electron chi connectivity index (χ1n) is 3.52. The summed E-state index contributed by atoms with van der Waals surface area (Å²) in [6, 6.07) is 5.94. The van der Waals surface area contributed by atoms with Gasteiger partial charge in [-0.15, -0.1) is 0 Å². The zero-order valence-electron chi connectivity index (χ0n) is 6.82. The molecule has 0 saturated heterocycles. The third-order valence-electron chi connectivity index (χ3n) is 1.53. The Labute approximate surface area is 72.5 Å². The first-order chi connectivity index (χ1) is 5.09. The van der Waals surface area contributed by atoms with Crippen LogP contribution in [0.3, 0.4) is 0 Å². The van der Waals surface area contributed by atoms with E-state index < -0.39 is 0 Å². The monoisotopic (exact) mass is 166 g/mol. The van der Waals surface area contributed by atoms with Crippen molar-refractivity contribution in [3.8, 4) is 0 Å². The van der Waals surface area contributed by atoms with Crippen LogP contribution < -0.4 is 0 Å². The molecule has 0 fully saturated rings. The Morgan fingerprint density at radius 3 is 2.45 bits per heavy atom. The summed E-state index contributed by atoms with van der Waals surface area (Å²) < 4.78 is 0. The second-order valence-electron chi connectivity index (χ2n) is 2.80. The molecule has 0 spiro atoms. The summed E-state index contributed by atoms with van der Waals surface area (Å²) in [5, 5.41) is 0.781. The molecule has 0 atom stereocenters. The number of allylic oxidation sites excluding steroid dienone is 1. The van der Waals surface area contributed by atoms with Crippen molar-refractivity contribution < 1.29 is 0 Å². The fourth-order valence-corrected chi connectivity index (χ4v) is 1.27. The SMILES string of the molecule is C=C(C)c1cc(C)cc(Cl)c1. The van der Waals surface area contributed by atoms with Gasteiger partial charge in [0.05, 0.1) is 0 Å². The molecule has 0 amide bonds. The quantitative estimate of drug-likeness (QED) is 0.597. The van der Waals surface area contributed by atoms with Gasteiger partial charge in [-0.3, -0.25) is 0 Å². The highest BCUT2D eigenvalue weighted by molar-refractivity contribution is 6.30. The molecule has 0 aliphatic rings. The maximum Gasteiger partial charge on any atom is 0.0414 e. The van der Waals surface area contributed by atoms with Crippen LogP contribution in [0.25, 0.3) is 5.57 Å². The molecule has 0 saturated carbocycles. The molecular formula is C10H11Cl. The van der Waals surface area contributed by atoms with Crippen LogP contribution in [0.4, 0.5) is 0 Å². The Hall–Kier alpha value is -0.750. The van der Waals surface area contributed by atoms with Crippen molar-refractivity contribution in [2.45, 2.75) is 13.8 Å². The summed E-state index contributed by atoms with van der Waals surface area (Å²) in [5.41, 5.74) is 3.35. The molecule has 1 heteroatoms. The van der Waals surface area contributed by atoms with Gasteiger partial charge in [0.1, 0.15) is 0 Å². The van der Waals surface area contributed by atoms with Crippen molar-refractivity contribution >= 4 is 17.2 Å². The molecule has 11 heavy (non-hydrogen) atoms. The summed E-state index contributed by atoms with van der Waals surface area (Å²) in [7, 11) is 0. The summed E-state index contributed by atoms with van der Waals surface area (Å²) in [5.74, 6) is 0. The standard InChI is InChI=1S/C10H11Cl/c1-7(2)9-4-8(3)5-10(11)6-9/h4-6H,1H2,2-3H3. The Bertz CT molecular complexity index is 267. The molecular weight excluding hydrogens is 156 g/mol. The Balaban J connectivity index is 3.19. The van der Waals surface area contributed by atoms with Gasteiger partial charge in [0.25, 0.3) is 0 Å². The fourth-order valence-electron chi connectivity index (χ4n) is 0.983. The largest absolute Gasteiger partial charge is 0.0955 e. The second kappa shape index (κ2) is 3.10. The number of rotatable bonds is 1. The van der Waals surface area contributed by atoms with E-state index in [1.807, 2.05) is 26.0 Å². The normalized spacial score (nSPS) is 9.73. The predicted octanol–water partition coefficient (Wildman–Crippen LogP) is 3.68. The zero-order valence-corrected chi connectivity index (χ0v) is 7.57. The summed E-state index contributed by atoms with van der Waals surface area (Å²) in [6.07, 6.45) is 0. The van der Waals surface area contributed by atoms with Crippen LogP contribution in [-0.4, -0.2) is 0 Å². The van der Waals surface area contributed by atoms with Crippen LogP contribution in [0, 0.1) is 6.92 Å². The number of halogens is 1. The van der Waals surface area contributed by atoms with E-state index in [2.05, 4.69) is 12.6 Å². The number of hydrogen-bond donors (Lipinski definition) is 0. The average molecular weight is 167 g/mol. The Kier molecular flexibility index (Phi) is 2.35. The first-order valence-corrected chi connectivity index (χ1v) is 3.90. The lowest BCUT2D eigenvalue weighted by molar-refractivity contribution is 1.44. The van der Waals surface area contributed by atoms with Gasteiger partial charge < -0.3 is 0 Å².